The number of hydrogen-bond donors (Lipinski definition) is 1. The molecule has 2 heterocycles. The van der Waals surface area contributed by atoms with Crippen LogP contribution in [0.5, 0.6) is 0 Å². The third-order valence-corrected chi connectivity index (χ3v) is 3.17. The van der Waals surface area contributed by atoms with Crippen LogP contribution in [0.2, 0.25) is 0 Å². The summed E-state index contributed by atoms with van der Waals surface area (Å²) in [4.78, 5) is 13.6. The Kier molecular flexibility index (Phi) is 3.96. The Bertz CT molecular complexity index is 421. The molecule has 5 nitrogen and oxygen atoms in total. The van der Waals surface area contributed by atoms with E-state index in [1.165, 1.54) is 11.1 Å². The van der Waals surface area contributed by atoms with Crippen molar-refractivity contribution in [2.45, 2.75) is 38.5 Å². The zero-order valence-electron chi connectivity index (χ0n) is 10.4. The molecule has 1 N–H and O–H groups in total. The van der Waals surface area contributed by atoms with E-state index < -0.39 is 12.2 Å². The SMILES string of the molecule is CCCn1cc(C(=O)N2C[C@@H](F)C[C@H]2CO)cn1. The monoisotopic (exact) mass is 255 g/mol. The molecule has 2 rings (SSSR count). The zero-order chi connectivity index (χ0) is 13.1. The van der Waals surface area contributed by atoms with Gasteiger partial charge >= 0.3 is 0 Å². The quantitative estimate of drug-likeness (QED) is 0.867. The highest BCUT2D eigenvalue weighted by atomic mass is 19.1. The molecule has 6 heteroatoms. The molecule has 1 aromatic heterocycles. The Morgan fingerprint density at radius 2 is 2.44 bits per heavy atom. The molecule has 1 fully saturated rings. The lowest BCUT2D eigenvalue weighted by Crippen LogP contribution is -2.37. The second-order valence-electron chi connectivity index (χ2n) is 4.62. The van der Waals surface area contributed by atoms with Gasteiger partial charge in [0.1, 0.15) is 6.17 Å². The molecule has 1 aromatic rings. The maximum absolute atomic E-state index is 13.3. The largest absolute Gasteiger partial charge is 0.394 e. The lowest BCUT2D eigenvalue weighted by atomic mass is 10.2. The van der Waals surface area contributed by atoms with Crippen LogP contribution >= 0.6 is 0 Å². The van der Waals surface area contributed by atoms with Gasteiger partial charge in [-0.05, 0) is 6.42 Å². The Hall–Kier alpha value is -1.43. The number of halogens is 1. The van der Waals surface area contributed by atoms with E-state index in [2.05, 4.69) is 5.10 Å². The molecule has 0 radical (unpaired) electrons. The number of likely N-dealkylation sites (tertiary alicyclic amines) is 1. The maximum Gasteiger partial charge on any atom is 0.257 e. The summed E-state index contributed by atoms with van der Waals surface area (Å²) in [6.07, 6.45) is 3.27. The van der Waals surface area contributed by atoms with Gasteiger partial charge in [0.2, 0.25) is 0 Å². The van der Waals surface area contributed by atoms with E-state index in [1.54, 1.807) is 10.9 Å². The van der Waals surface area contributed by atoms with Crippen LogP contribution in [-0.4, -0.2) is 51.1 Å². The number of aliphatic hydroxyl groups is 1. The summed E-state index contributed by atoms with van der Waals surface area (Å²) in [6.45, 7) is 2.64. The molecule has 0 aliphatic carbocycles. The van der Waals surface area contributed by atoms with Crippen LogP contribution in [0.4, 0.5) is 4.39 Å². The average Bonchev–Trinajstić information content (AvgIpc) is 2.95. The lowest BCUT2D eigenvalue weighted by Gasteiger charge is -2.21. The number of hydrogen-bond acceptors (Lipinski definition) is 3. The molecular weight excluding hydrogens is 237 g/mol. The summed E-state index contributed by atoms with van der Waals surface area (Å²) in [6, 6.07) is -0.415. The van der Waals surface area contributed by atoms with Crippen LogP contribution in [0.15, 0.2) is 12.4 Å². The summed E-state index contributed by atoms with van der Waals surface area (Å²) in [5, 5.41) is 13.2. The third kappa shape index (κ3) is 2.53. The first-order chi connectivity index (χ1) is 8.65. The minimum atomic E-state index is -1.04. The number of aliphatic hydroxyl groups excluding tert-OH is 1. The van der Waals surface area contributed by atoms with E-state index in [4.69, 9.17) is 5.11 Å². The van der Waals surface area contributed by atoms with E-state index in [9.17, 15) is 9.18 Å². The molecule has 100 valence electrons. The number of nitrogens with zero attached hydrogens (tertiary/aromatic N) is 3. The lowest BCUT2D eigenvalue weighted by molar-refractivity contribution is 0.0673. The number of amides is 1. The Morgan fingerprint density at radius 3 is 3.11 bits per heavy atom. The van der Waals surface area contributed by atoms with Crippen molar-refractivity contribution in [3.63, 3.8) is 0 Å². The van der Waals surface area contributed by atoms with Crippen LogP contribution in [0.25, 0.3) is 0 Å². The van der Waals surface area contributed by atoms with Crippen molar-refractivity contribution in [1.82, 2.24) is 14.7 Å². The molecule has 1 saturated heterocycles. The van der Waals surface area contributed by atoms with E-state index >= 15 is 0 Å². The number of alkyl halides is 1. The summed E-state index contributed by atoms with van der Waals surface area (Å²) >= 11 is 0. The predicted octanol–water partition coefficient (Wildman–Crippen LogP) is 0.838. The molecule has 2 atom stereocenters. The van der Waals surface area contributed by atoms with Gasteiger partial charge in [-0.3, -0.25) is 9.48 Å². The van der Waals surface area contributed by atoms with Crippen LogP contribution in [0.1, 0.15) is 30.1 Å². The van der Waals surface area contributed by atoms with Crippen molar-refractivity contribution >= 4 is 5.91 Å². The van der Waals surface area contributed by atoms with Crippen molar-refractivity contribution in [3.8, 4) is 0 Å². The van der Waals surface area contributed by atoms with Crippen molar-refractivity contribution in [2.24, 2.45) is 0 Å². The van der Waals surface area contributed by atoms with Crippen LogP contribution < -0.4 is 0 Å². The normalized spacial score (nSPS) is 23.6. The van der Waals surface area contributed by atoms with Gasteiger partial charge in [-0.15, -0.1) is 0 Å². The number of rotatable bonds is 4. The Balaban J connectivity index is 2.09. The fraction of sp³-hybridized carbons (Fsp3) is 0.667. The number of aryl methyl sites for hydroxylation is 1. The van der Waals surface area contributed by atoms with Gasteiger partial charge in [0.05, 0.1) is 31.0 Å². The molecule has 1 aliphatic heterocycles. The second-order valence-corrected chi connectivity index (χ2v) is 4.62. The highest BCUT2D eigenvalue weighted by Crippen LogP contribution is 2.22. The van der Waals surface area contributed by atoms with E-state index in [0.29, 0.717) is 5.56 Å². The van der Waals surface area contributed by atoms with Crippen LogP contribution in [0.3, 0.4) is 0 Å². The van der Waals surface area contributed by atoms with Gasteiger partial charge in [-0.25, -0.2) is 4.39 Å². The minimum Gasteiger partial charge on any atom is -0.394 e. The van der Waals surface area contributed by atoms with Crippen molar-refractivity contribution in [3.05, 3.63) is 18.0 Å². The fourth-order valence-electron chi connectivity index (χ4n) is 2.27. The number of carbonyl (C=O) groups excluding carboxylic acids is 1. The van der Waals surface area contributed by atoms with Gasteiger partial charge in [0, 0.05) is 19.2 Å². The molecule has 0 aromatic carbocycles. The summed E-state index contributed by atoms with van der Waals surface area (Å²) in [5.41, 5.74) is 0.455. The van der Waals surface area contributed by atoms with Crippen LogP contribution in [0, 0.1) is 0 Å². The Labute approximate surface area is 105 Å². The minimum absolute atomic E-state index is 0.0585. The molecule has 18 heavy (non-hydrogen) atoms. The molecule has 1 amide bonds. The van der Waals surface area contributed by atoms with E-state index in [-0.39, 0.29) is 25.5 Å². The standard InChI is InChI=1S/C12H18FN3O2/c1-2-3-15-6-9(5-14-15)12(18)16-7-10(13)4-11(16)8-17/h5-6,10-11,17H,2-4,7-8H2,1H3/t10-,11-/m0/s1. The van der Waals surface area contributed by atoms with Crippen molar-refractivity contribution < 1.29 is 14.3 Å². The van der Waals surface area contributed by atoms with Crippen molar-refractivity contribution in [1.29, 1.82) is 0 Å². The first-order valence-electron chi connectivity index (χ1n) is 6.24. The molecule has 0 bridgehead atoms. The maximum atomic E-state index is 13.3. The molecule has 0 unspecified atom stereocenters. The highest BCUT2D eigenvalue weighted by molar-refractivity contribution is 5.94. The summed E-state index contributed by atoms with van der Waals surface area (Å²) < 4.78 is 15.0. The first kappa shape index (κ1) is 13.0. The van der Waals surface area contributed by atoms with Gasteiger partial charge < -0.3 is 10.0 Å². The molecule has 0 spiro atoms. The number of aromatic nitrogens is 2. The topological polar surface area (TPSA) is 58.4 Å². The summed E-state index contributed by atoms with van der Waals surface area (Å²) in [7, 11) is 0. The highest BCUT2D eigenvalue weighted by Gasteiger charge is 2.35. The first-order valence-corrected chi connectivity index (χ1v) is 6.24. The van der Waals surface area contributed by atoms with Gasteiger partial charge in [-0.1, -0.05) is 6.92 Å². The van der Waals surface area contributed by atoms with Gasteiger partial charge in [-0.2, -0.15) is 5.10 Å². The van der Waals surface area contributed by atoms with Crippen LogP contribution in [-0.2, 0) is 6.54 Å². The van der Waals surface area contributed by atoms with Gasteiger partial charge in [0.25, 0.3) is 5.91 Å². The Morgan fingerprint density at radius 1 is 1.67 bits per heavy atom. The third-order valence-electron chi connectivity index (χ3n) is 3.17. The van der Waals surface area contributed by atoms with Crippen molar-refractivity contribution in [2.75, 3.05) is 13.2 Å². The smallest absolute Gasteiger partial charge is 0.257 e. The van der Waals surface area contributed by atoms with Gasteiger partial charge in [0.15, 0.2) is 0 Å². The van der Waals surface area contributed by atoms with E-state index in [0.717, 1.165) is 13.0 Å². The fourth-order valence-corrected chi connectivity index (χ4v) is 2.27. The molecule has 1 aliphatic rings. The predicted molar refractivity (Wildman–Crippen MR) is 63.9 cm³/mol. The molecular formula is C12H18FN3O2. The van der Waals surface area contributed by atoms with E-state index in [1.807, 2.05) is 6.92 Å². The average molecular weight is 255 g/mol. The zero-order valence-corrected chi connectivity index (χ0v) is 10.4. The number of carbonyl (C=O) groups is 1. The summed E-state index contributed by atoms with van der Waals surface area (Å²) in [5.74, 6) is -0.253. The molecule has 0 saturated carbocycles. The second kappa shape index (κ2) is 5.48.